The molecule has 0 saturated carbocycles. The Hall–Kier alpha value is -1.16. The van der Waals surface area contributed by atoms with Crippen molar-refractivity contribution in [3.05, 3.63) is 53.1 Å². The molecule has 81 valence electrons. The zero-order valence-electron chi connectivity index (χ0n) is 9.77. The van der Waals surface area contributed by atoms with E-state index in [-0.39, 0.29) is 29.6 Å². The van der Waals surface area contributed by atoms with E-state index >= 15 is 0 Å². The summed E-state index contributed by atoms with van der Waals surface area (Å²) in [7, 11) is 0. The molecule has 1 aliphatic heterocycles. The van der Waals surface area contributed by atoms with Crippen molar-refractivity contribution < 1.29 is 14.3 Å². The molecular formula is C13H10NaO3. The molecule has 0 aromatic heterocycles. The molecule has 0 unspecified atom stereocenters. The number of benzene rings is 1. The SMILES string of the molecule is CC(=Cc1ccccc1)C1=CC(=O)OC1=O.[Na]. The van der Waals surface area contributed by atoms with Crippen molar-refractivity contribution in [1.29, 1.82) is 0 Å². The summed E-state index contributed by atoms with van der Waals surface area (Å²) in [5.74, 6) is -1.17. The molecule has 0 N–H and O–H groups in total. The summed E-state index contributed by atoms with van der Waals surface area (Å²) in [6, 6.07) is 9.58. The largest absolute Gasteiger partial charge is 0.386 e. The standard InChI is InChI=1S/C13H10O3.Na/c1-9(7-10-5-3-2-4-6-10)11-8-12(14)16-13(11)15;/h2-8H,1H3;. The molecule has 0 spiro atoms. The van der Waals surface area contributed by atoms with Crippen molar-refractivity contribution in [2.24, 2.45) is 0 Å². The van der Waals surface area contributed by atoms with Crippen LogP contribution in [0.3, 0.4) is 0 Å². The average molecular weight is 237 g/mol. The molecule has 3 nitrogen and oxygen atoms in total. The number of rotatable bonds is 2. The fourth-order valence-electron chi connectivity index (χ4n) is 1.50. The molecule has 1 aromatic carbocycles. The van der Waals surface area contributed by atoms with E-state index in [0.29, 0.717) is 5.57 Å². The molecule has 0 atom stereocenters. The van der Waals surface area contributed by atoms with E-state index in [2.05, 4.69) is 4.74 Å². The van der Waals surface area contributed by atoms with Crippen molar-refractivity contribution in [3.8, 4) is 0 Å². The number of cyclic esters (lactones) is 2. The summed E-state index contributed by atoms with van der Waals surface area (Å²) in [6.07, 6.45) is 3.06. The van der Waals surface area contributed by atoms with Gasteiger partial charge in [-0.2, -0.15) is 0 Å². The van der Waals surface area contributed by atoms with Crippen LogP contribution in [-0.4, -0.2) is 41.5 Å². The van der Waals surface area contributed by atoms with Gasteiger partial charge in [0.1, 0.15) is 0 Å². The summed E-state index contributed by atoms with van der Waals surface area (Å²) in [6.45, 7) is 1.78. The van der Waals surface area contributed by atoms with Gasteiger partial charge in [-0.3, -0.25) is 0 Å². The Morgan fingerprint density at radius 1 is 1.18 bits per heavy atom. The van der Waals surface area contributed by atoms with E-state index in [1.165, 1.54) is 6.08 Å². The molecule has 1 heterocycles. The van der Waals surface area contributed by atoms with Gasteiger partial charge in [0.15, 0.2) is 0 Å². The van der Waals surface area contributed by atoms with Gasteiger partial charge in [0, 0.05) is 35.6 Å². The number of carbonyl (C=O) groups is 2. The molecule has 0 amide bonds. The van der Waals surface area contributed by atoms with Crippen LogP contribution in [0.25, 0.3) is 6.08 Å². The second-order valence-corrected chi connectivity index (χ2v) is 3.50. The van der Waals surface area contributed by atoms with Gasteiger partial charge in [-0.05, 0) is 18.1 Å². The molecule has 17 heavy (non-hydrogen) atoms. The molecule has 1 aromatic rings. The Labute approximate surface area is 121 Å². The molecule has 0 bridgehead atoms. The van der Waals surface area contributed by atoms with Gasteiger partial charge < -0.3 is 4.74 Å². The first-order chi connectivity index (χ1) is 7.66. The van der Waals surface area contributed by atoms with Crippen molar-refractivity contribution in [2.45, 2.75) is 6.92 Å². The molecule has 0 aliphatic carbocycles. The Morgan fingerprint density at radius 2 is 1.82 bits per heavy atom. The zero-order chi connectivity index (χ0) is 11.5. The van der Waals surface area contributed by atoms with E-state index in [1.54, 1.807) is 6.92 Å². The Bertz CT molecular complexity index is 501. The van der Waals surface area contributed by atoms with Crippen LogP contribution in [0.5, 0.6) is 0 Å². The molecule has 2 rings (SSSR count). The fourth-order valence-corrected chi connectivity index (χ4v) is 1.50. The van der Waals surface area contributed by atoms with E-state index in [1.807, 2.05) is 36.4 Å². The van der Waals surface area contributed by atoms with Gasteiger partial charge in [-0.1, -0.05) is 36.4 Å². The maximum absolute atomic E-state index is 11.3. The Kier molecular flexibility index (Phi) is 4.87. The van der Waals surface area contributed by atoms with Crippen LogP contribution < -0.4 is 0 Å². The Balaban J connectivity index is 0.00000144. The molecular weight excluding hydrogens is 227 g/mol. The summed E-state index contributed by atoms with van der Waals surface area (Å²) < 4.78 is 4.42. The average Bonchev–Trinajstić information content (AvgIpc) is 2.59. The van der Waals surface area contributed by atoms with Crippen LogP contribution in [0.2, 0.25) is 0 Å². The molecule has 0 fully saturated rings. The number of esters is 2. The number of carbonyl (C=O) groups excluding carboxylic acids is 2. The second-order valence-electron chi connectivity index (χ2n) is 3.50. The van der Waals surface area contributed by atoms with Crippen LogP contribution in [0.1, 0.15) is 12.5 Å². The van der Waals surface area contributed by atoms with E-state index in [0.717, 1.165) is 11.1 Å². The van der Waals surface area contributed by atoms with Gasteiger partial charge in [-0.15, -0.1) is 0 Å². The smallest absolute Gasteiger partial charge is 0.346 e. The van der Waals surface area contributed by atoms with Crippen molar-refractivity contribution >= 4 is 47.6 Å². The monoisotopic (exact) mass is 237 g/mol. The topological polar surface area (TPSA) is 43.4 Å². The molecule has 4 heteroatoms. The zero-order valence-corrected chi connectivity index (χ0v) is 11.8. The predicted molar refractivity (Wildman–Crippen MR) is 65.0 cm³/mol. The first-order valence-corrected chi connectivity index (χ1v) is 4.88. The number of hydrogen-bond donors (Lipinski definition) is 0. The van der Waals surface area contributed by atoms with E-state index < -0.39 is 11.9 Å². The molecule has 1 aliphatic rings. The van der Waals surface area contributed by atoms with Crippen LogP contribution in [0, 0.1) is 0 Å². The summed E-state index contributed by atoms with van der Waals surface area (Å²) >= 11 is 0. The number of ether oxygens (including phenoxy) is 1. The van der Waals surface area contributed by atoms with E-state index in [4.69, 9.17) is 0 Å². The Morgan fingerprint density at radius 3 is 2.35 bits per heavy atom. The van der Waals surface area contributed by atoms with Crippen LogP contribution in [-0.2, 0) is 14.3 Å². The van der Waals surface area contributed by atoms with E-state index in [9.17, 15) is 9.59 Å². The maximum atomic E-state index is 11.3. The third kappa shape index (κ3) is 3.40. The third-order valence-electron chi connectivity index (χ3n) is 2.28. The van der Waals surface area contributed by atoms with Crippen molar-refractivity contribution in [3.63, 3.8) is 0 Å². The van der Waals surface area contributed by atoms with Crippen molar-refractivity contribution in [2.75, 3.05) is 0 Å². The third-order valence-corrected chi connectivity index (χ3v) is 2.28. The first-order valence-electron chi connectivity index (χ1n) is 4.88. The van der Waals surface area contributed by atoms with Crippen LogP contribution >= 0.6 is 0 Å². The van der Waals surface area contributed by atoms with Gasteiger partial charge in [0.25, 0.3) is 0 Å². The minimum atomic E-state index is -0.596. The normalized spacial score (nSPS) is 15.1. The maximum Gasteiger partial charge on any atom is 0.346 e. The summed E-state index contributed by atoms with van der Waals surface area (Å²) in [4.78, 5) is 22.1. The minimum absolute atomic E-state index is 0. The van der Waals surface area contributed by atoms with Crippen molar-refractivity contribution in [1.82, 2.24) is 0 Å². The summed E-state index contributed by atoms with van der Waals surface area (Å²) in [5.41, 5.74) is 2.03. The fraction of sp³-hybridized carbons (Fsp3) is 0.0769. The number of hydrogen-bond acceptors (Lipinski definition) is 3. The predicted octanol–water partition coefficient (Wildman–Crippen LogP) is 1.72. The van der Waals surface area contributed by atoms with Crippen LogP contribution in [0.4, 0.5) is 0 Å². The van der Waals surface area contributed by atoms with Gasteiger partial charge >= 0.3 is 11.9 Å². The van der Waals surface area contributed by atoms with Gasteiger partial charge in [-0.25, -0.2) is 9.59 Å². The van der Waals surface area contributed by atoms with Crippen LogP contribution in [0.15, 0.2) is 47.6 Å². The molecule has 1 radical (unpaired) electrons. The first kappa shape index (κ1) is 13.9. The van der Waals surface area contributed by atoms with Gasteiger partial charge in [0.05, 0.1) is 5.57 Å². The minimum Gasteiger partial charge on any atom is -0.386 e. The quantitative estimate of drug-likeness (QED) is 0.447. The van der Waals surface area contributed by atoms with Gasteiger partial charge in [0.2, 0.25) is 0 Å². The second kappa shape index (κ2) is 5.96. The molecule has 0 saturated heterocycles. The summed E-state index contributed by atoms with van der Waals surface area (Å²) in [5, 5.41) is 0.